The number of amides is 1. The number of rotatable bonds is 5. The lowest BCUT2D eigenvalue weighted by atomic mass is 10.1. The highest BCUT2D eigenvalue weighted by Crippen LogP contribution is 2.28. The highest BCUT2D eigenvalue weighted by atomic mass is 16.3. The molecule has 0 saturated carbocycles. The highest BCUT2D eigenvalue weighted by Gasteiger charge is 2.08. The Kier molecular flexibility index (Phi) is 4.97. The van der Waals surface area contributed by atoms with Crippen molar-refractivity contribution in [3.05, 3.63) is 23.3 Å². The number of phenolic OH excluding ortho intramolecular Hbond substituents is 1. The van der Waals surface area contributed by atoms with Crippen molar-refractivity contribution in [3.63, 3.8) is 0 Å². The Morgan fingerprint density at radius 1 is 1.35 bits per heavy atom. The van der Waals surface area contributed by atoms with Crippen LogP contribution in [0, 0.1) is 13.8 Å². The largest absolute Gasteiger partial charge is 0.505 e. The smallest absolute Gasteiger partial charge is 0.224 e. The molecule has 17 heavy (non-hydrogen) atoms. The summed E-state index contributed by atoms with van der Waals surface area (Å²) >= 11 is 0. The summed E-state index contributed by atoms with van der Waals surface area (Å²) in [4.78, 5) is 11.6. The van der Waals surface area contributed by atoms with E-state index in [1.165, 1.54) is 0 Å². The van der Waals surface area contributed by atoms with Crippen molar-refractivity contribution in [2.75, 3.05) is 18.9 Å². The van der Waals surface area contributed by atoms with Crippen LogP contribution in [-0.4, -0.2) is 24.6 Å². The van der Waals surface area contributed by atoms with E-state index in [0.29, 0.717) is 12.1 Å². The van der Waals surface area contributed by atoms with Crippen molar-refractivity contribution in [1.82, 2.24) is 5.32 Å². The van der Waals surface area contributed by atoms with E-state index < -0.39 is 0 Å². The second-order valence-corrected chi connectivity index (χ2v) is 4.23. The lowest BCUT2D eigenvalue weighted by molar-refractivity contribution is -0.116. The fourth-order valence-corrected chi connectivity index (χ4v) is 1.69. The van der Waals surface area contributed by atoms with Gasteiger partial charge in [0.05, 0.1) is 5.69 Å². The number of carbonyl (C=O) groups is 1. The van der Waals surface area contributed by atoms with E-state index in [2.05, 4.69) is 10.6 Å². The monoisotopic (exact) mass is 236 g/mol. The molecular weight excluding hydrogens is 216 g/mol. The Morgan fingerprint density at radius 3 is 2.71 bits per heavy atom. The van der Waals surface area contributed by atoms with Gasteiger partial charge in [0, 0.05) is 6.42 Å². The van der Waals surface area contributed by atoms with Crippen LogP contribution in [0.25, 0.3) is 0 Å². The topological polar surface area (TPSA) is 61.4 Å². The number of phenols is 1. The predicted octanol–water partition coefficient (Wildman–Crippen LogP) is 1.95. The number of hydrogen-bond donors (Lipinski definition) is 3. The van der Waals surface area contributed by atoms with Gasteiger partial charge in [-0.15, -0.1) is 0 Å². The van der Waals surface area contributed by atoms with Crippen LogP contribution in [0.4, 0.5) is 5.69 Å². The Balaban J connectivity index is 2.65. The summed E-state index contributed by atoms with van der Waals surface area (Å²) in [5, 5.41) is 15.5. The second-order valence-electron chi connectivity index (χ2n) is 4.23. The molecule has 0 aliphatic carbocycles. The molecule has 1 rings (SSSR count). The molecule has 0 fully saturated rings. The molecule has 0 atom stereocenters. The molecule has 4 nitrogen and oxygen atoms in total. The first-order valence-electron chi connectivity index (χ1n) is 5.79. The van der Waals surface area contributed by atoms with E-state index in [1.807, 2.05) is 27.0 Å². The van der Waals surface area contributed by atoms with Gasteiger partial charge in [-0.3, -0.25) is 4.79 Å². The zero-order chi connectivity index (χ0) is 12.8. The molecule has 3 N–H and O–H groups in total. The van der Waals surface area contributed by atoms with Gasteiger partial charge in [0.2, 0.25) is 5.91 Å². The van der Waals surface area contributed by atoms with Crippen LogP contribution >= 0.6 is 0 Å². The standard InChI is InChI=1S/C13H20N2O2/c1-9-7-10(2)13(17)11(8-9)15-12(16)5-4-6-14-3/h7-8,14,17H,4-6H2,1-3H3,(H,15,16). The molecule has 1 aromatic carbocycles. The quantitative estimate of drug-likeness (QED) is 0.541. The van der Waals surface area contributed by atoms with Crippen molar-refractivity contribution < 1.29 is 9.90 Å². The van der Waals surface area contributed by atoms with Gasteiger partial charge < -0.3 is 15.7 Å². The van der Waals surface area contributed by atoms with E-state index in [9.17, 15) is 9.90 Å². The molecule has 1 aromatic rings. The zero-order valence-electron chi connectivity index (χ0n) is 10.6. The number of carbonyl (C=O) groups excluding carboxylic acids is 1. The van der Waals surface area contributed by atoms with Crippen LogP contribution in [0.5, 0.6) is 5.75 Å². The van der Waals surface area contributed by atoms with Crippen LogP contribution in [-0.2, 0) is 4.79 Å². The van der Waals surface area contributed by atoms with Crippen LogP contribution in [0.1, 0.15) is 24.0 Å². The Hall–Kier alpha value is -1.55. The normalized spacial score (nSPS) is 10.3. The van der Waals surface area contributed by atoms with Crippen LogP contribution in [0.3, 0.4) is 0 Å². The van der Waals surface area contributed by atoms with Gasteiger partial charge in [0.15, 0.2) is 0 Å². The van der Waals surface area contributed by atoms with E-state index in [1.54, 1.807) is 6.07 Å². The minimum atomic E-state index is -0.0689. The molecule has 0 saturated heterocycles. The maximum atomic E-state index is 11.6. The first-order valence-corrected chi connectivity index (χ1v) is 5.79. The third kappa shape index (κ3) is 4.07. The van der Waals surface area contributed by atoms with Gasteiger partial charge in [-0.2, -0.15) is 0 Å². The van der Waals surface area contributed by atoms with E-state index in [4.69, 9.17) is 0 Å². The average molecular weight is 236 g/mol. The van der Waals surface area contributed by atoms with E-state index in [0.717, 1.165) is 24.1 Å². The number of nitrogens with one attached hydrogen (secondary N) is 2. The SMILES string of the molecule is CNCCCC(=O)Nc1cc(C)cc(C)c1O. The van der Waals surface area contributed by atoms with Crippen molar-refractivity contribution in [2.45, 2.75) is 26.7 Å². The zero-order valence-corrected chi connectivity index (χ0v) is 10.6. The summed E-state index contributed by atoms with van der Waals surface area (Å²) in [5.41, 5.74) is 2.29. The number of benzene rings is 1. The first-order chi connectivity index (χ1) is 8.04. The number of aryl methyl sites for hydroxylation is 2. The van der Waals surface area contributed by atoms with Gasteiger partial charge in [-0.1, -0.05) is 6.07 Å². The van der Waals surface area contributed by atoms with Gasteiger partial charge in [0.25, 0.3) is 0 Å². The highest BCUT2D eigenvalue weighted by molar-refractivity contribution is 5.92. The van der Waals surface area contributed by atoms with Crippen molar-refractivity contribution in [1.29, 1.82) is 0 Å². The molecule has 0 radical (unpaired) electrons. The fourth-order valence-electron chi connectivity index (χ4n) is 1.69. The summed E-state index contributed by atoms with van der Waals surface area (Å²) in [5.74, 6) is 0.0816. The van der Waals surface area contributed by atoms with E-state index in [-0.39, 0.29) is 11.7 Å². The molecular formula is C13H20N2O2. The van der Waals surface area contributed by atoms with Gasteiger partial charge in [-0.05, 0) is 51.1 Å². The van der Waals surface area contributed by atoms with Gasteiger partial charge in [0.1, 0.15) is 5.75 Å². The van der Waals surface area contributed by atoms with Crippen molar-refractivity contribution >= 4 is 11.6 Å². The molecule has 0 spiro atoms. The molecule has 0 aliphatic heterocycles. The van der Waals surface area contributed by atoms with Crippen molar-refractivity contribution in [3.8, 4) is 5.75 Å². The summed E-state index contributed by atoms with van der Waals surface area (Å²) in [6, 6.07) is 3.66. The number of aromatic hydroxyl groups is 1. The molecule has 0 bridgehead atoms. The van der Waals surface area contributed by atoms with Gasteiger partial charge >= 0.3 is 0 Å². The summed E-state index contributed by atoms with van der Waals surface area (Å²) in [6.07, 6.45) is 1.24. The molecule has 0 heterocycles. The molecule has 0 aromatic heterocycles. The molecule has 94 valence electrons. The fraction of sp³-hybridized carbons (Fsp3) is 0.462. The summed E-state index contributed by atoms with van der Waals surface area (Å²) in [7, 11) is 1.85. The Bertz CT molecular complexity index is 403. The first kappa shape index (κ1) is 13.5. The maximum Gasteiger partial charge on any atom is 0.224 e. The van der Waals surface area contributed by atoms with E-state index >= 15 is 0 Å². The minimum absolute atomic E-state index is 0.0689. The predicted molar refractivity (Wildman–Crippen MR) is 69.4 cm³/mol. The minimum Gasteiger partial charge on any atom is -0.505 e. The summed E-state index contributed by atoms with van der Waals surface area (Å²) < 4.78 is 0. The Morgan fingerprint density at radius 2 is 2.06 bits per heavy atom. The Labute approximate surface area is 102 Å². The second kappa shape index (κ2) is 6.25. The lowest BCUT2D eigenvalue weighted by Gasteiger charge is -2.10. The third-order valence-corrected chi connectivity index (χ3v) is 2.55. The molecule has 0 unspecified atom stereocenters. The molecule has 4 heteroatoms. The van der Waals surface area contributed by atoms with Crippen LogP contribution in [0.2, 0.25) is 0 Å². The third-order valence-electron chi connectivity index (χ3n) is 2.55. The number of hydrogen-bond acceptors (Lipinski definition) is 3. The maximum absolute atomic E-state index is 11.6. The molecule has 0 aliphatic rings. The molecule has 1 amide bonds. The van der Waals surface area contributed by atoms with Crippen LogP contribution < -0.4 is 10.6 Å². The van der Waals surface area contributed by atoms with Gasteiger partial charge in [-0.25, -0.2) is 0 Å². The lowest BCUT2D eigenvalue weighted by Crippen LogP contribution is -2.15. The van der Waals surface area contributed by atoms with Crippen LogP contribution in [0.15, 0.2) is 12.1 Å². The average Bonchev–Trinajstić information content (AvgIpc) is 2.25. The number of anilines is 1. The van der Waals surface area contributed by atoms with Crippen molar-refractivity contribution in [2.24, 2.45) is 0 Å². The summed E-state index contributed by atoms with van der Waals surface area (Å²) in [6.45, 7) is 4.56.